The molecule has 2 aromatic rings. The second-order valence-electron chi connectivity index (χ2n) is 4.36. The highest BCUT2D eigenvalue weighted by Gasteiger charge is 2.15. The molecule has 0 aliphatic carbocycles. The summed E-state index contributed by atoms with van der Waals surface area (Å²) < 4.78 is 2.38. The molecule has 8 heteroatoms. The van der Waals surface area contributed by atoms with Crippen molar-refractivity contribution in [1.29, 1.82) is 0 Å². The second-order valence-corrected chi connectivity index (χ2v) is 5.52. The van der Waals surface area contributed by atoms with Crippen molar-refractivity contribution in [3.05, 3.63) is 55.3 Å². The second kappa shape index (κ2) is 6.66. The minimum atomic E-state index is -0.533. The van der Waals surface area contributed by atoms with Crippen LogP contribution in [0.25, 0.3) is 0 Å². The number of amides is 1. The van der Waals surface area contributed by atoms with Crippen LogP contribution in [0.3, 0.4) is 0 Å². The zero-order valence-electron chi connectivity index (χ0n) is 11.2. The summed E-state index contributed by atoms with van der Waals surface area (Å²) in [5.41, 5.74) is 1.30. The van der Waals surface area contributed by atoms with E-state index in [-0.39, 0.29) is 11.7 Å². The highest BCUT2D eigenvalue weighted by atomic mass is 127. The van der Waals surface area contributed by atoms with E-state index in [0.29, 0.717) is 24.3 Å². The van der Waals surface area contributed by atoms with Crippen molar-refractivity contribution in [1.82, 2.24) is 15.1 Å². The molecule has 1 aromatic heterocycles. The standard InChI is InChI=1S/C13H13IN4O3/c1-9-8-12(18(20)21)16-17(9)7-6-15-13(19)10-4-2-3-5-11(10)14/h2-5,8H,6-7H2,1H3,(H,15,19). The van der Waals surface area contributed by atoms with Crippen LogP contribution in [-0.2, 0) is 6.54 Å². The molecule has 0 aliphatic rings. The number of carbonyl (C=O) groups excluding carboxylic acids is 1. The van der Waals surface area contributed by atoms with E-state index in [1.54, 1.807) is 19.1 Å². The third kappa shape index (κ3) is 3.78. The van der Waals surface area contributed by atoms with Gasteiger partial charge in [0, 0.05) is 10.1 Å². The minimum absolute atomic E-state index is 0.167. The summed E-state index contributed by atoms with van der Waals surface area (Å²) in [4.78, 5) is 22.1. The maximum atomic E-state index is 12.0. The van der Waals surface area contributed by atoms with E-state index >= 15 is 0 Å². The van der Waals surface area contributed by atoms with Crippen LogP contribution in [0, 0.1) is 20.6 Å². The van der Waals surface area contributed by atoms with E-state index in [4.69, 9.17) is 0 Å². The molecule has 0 spiro atoms. The molecule has 0 saturated heterocycles. The first-order chi connectivity index (χ1) is 9.99. The van der Waals surface area contributed by atoms with Crippen LogP contribution < -0.4 is 5.32 Å². The maximum absolute atomic E-state index is 12.0. The van der Waals surface area contributed by atoms with Crippen LogP contribution in [0.5, 0.6) is 0 Å². The van der Waals surface area contributed by atoms with Crippen molar-refractivity contribution >= 4 is 34.3 Å². The van der Waals surface area contributed by atoms with Crippen molar-refractivity contribution in [2.24, 2.45) is 0 Å². The number of hydrogen-bond donors (Lipinski definition) is 1. The minimum Gasteiger partial charge on any atom is -0.358 e. The lowest BCUT2D eigenvalue weighted by molar-refractivity contribution is -0.389. The van der Waals surface area contributed by atoms with Crippen LogP contribution in [0.15, 0.2) is 30.3 Å². The topological polar surface area (TPSA) is 90.1 Å². The summed E-state index contributed by atoms with van der Waals surface area (Å²) in [6.07, 6.45) is 0. The van der Waals surface area contributed by atoms with Gasteiger partial charge in [-0.1, -0.05) is 12.1 Å². The number of aromatic nitrogens is 2. The summed E-state index contributed by atoms with van der Waals surface area (Å²) in [5.74, 6) is -0.351. The zero-order chi connectivity index (χ0) is 15.4. The number of rotatable bonds is 5. The number of carbonyl (C=O) groups is 1. The fraction of sp³-hybridized carbons (Fsp3) is 0.231. The Bertz CT molecular complexity index is 684. The molecule has 7 nitrogen and oxygen atoms in total. The fourth-order valence-electron chi connectivity index (χ4n) is 1.82. The summed E-state index contributed by atoms with van der Waals surface area (Å²) in [6.45, 7) is 2.47. The maximum Gasteiger partial charge on any atom is 0.390 e. The number of nitrogens with one attached hydrogen (secondary N) is 1. The van der Waals surface area contributed by atoms with Gasteiger partial charge in [0.15, 0.2) is 0 Å². The Labute approximate surface area is 134 Å². The molecule has 0 atom stereocenters. The first kappa shape index (κ1) is 15.4. The lowest BCUT2D eigenvalue weighted by Gasteiger charge is -2.06. The van der Waals surface area contributed by atoms with Gasteiger partial charge in [-0.05, 0) is 46.6 Å². The van der Waals surface area contributed by atoms with Crippen molar-refractivity contribution in [2.75, 3.05) is 6.54 Å². The molecule has 0 fully saturated rings. The van der Waals surface area contributed by atoms with E-state index in [0.717, 1.165) is 3.57 Å². The average molecular weight is 400 g/mol. The number of nitrogens with zero attached hydrogens (tertiary/aromatic N) is 3. The first-order valence-corrected chi connectivity index (χ1v) is 7.28. The van der Waals surface area contributed by atoms with Crippen molar-refractivity contribution in [2.45, 2.75) is 13.5 Å². The Morgan fingerprint density at radius 3 is 2.81 bits per heavy atom. The molecule has 0 unspecified atom stereocenters. The van der Waals surface area contributed by atoms with Crippen LogP contribution in [0.1, 0.15) is 16.1 Å². The highest BCUT2D eigenvalue weighted by molar-refractivity contribution is 14.1. The van der Waals surface area contributed by atoms with Crippen LogP contribution >= 0.6 is 22.6 Å². The summed E-state index contributed by atoms with van der Waals surface area (Å²) in [7, 11) is 0. The van der Waals surface area contributed by atoms with Gasteiger partial charge in [0.25, 0.3) is 5.91 Å². The number of halogens is 1. The first-order valence-electron chi connectivity index (χ1n) is 6.20. The smallest absolute Gasteiger partial charge is 0.358 e. The molecule has 0 bridgehead atoms. The Kier molecular flexibility index (Phi) is 4.89. The van der Waals surface area contributed by atoms with E-state index < -0.39 is 4.92 Å². The predicted octanol–water partition coefficient (Wildman–Crippen LogP) is 2.13. The third-order valence-corrected chi connectivity index (χ3v) is 3.82. The Balaban J connectivity index is 1.94. The van der Waals surface area contributed by atoms with Crippen molar-refractivity contribution in [3.8, 4) is 0 Å². The molecule has 21 heavy (non-hydrogen) atoms. The molecule has 2 rings (SSSR count). The van der Waals surface area contributed by atoms with Crippen LogP contribution in [-0.4, -0.2) is 27.2 Å². The molecule has 110 valence electrons. The van der Waals surface area contributed by atoms with Gasteiger partial charge >= 0.3 is 5.82 Å². The third-order valence-electron chi connectivity index (χ3n) is 2.88. The number of aryl methyl sites for hydroxylation is 1. The normalized spacial score (nSPS) is 10.4. The van der Waals surface area contributed by atoms with Crippen molar-refractivity contribution < 1.29 is 9.72 Å². The molecular weight excluding hydrogens is 387 g/mol. The van der Waals surface area contributed by atoms with E-state index in [1.165, 1.54) is 10.7 Å². The number of hydrogen-bond acceptors (Lipinski definition) is 4. The molecular formula is C13H13IN4O3. The highest BCUT2D eigenvalue weighted by Crippen LogP contribution is 2.12. The summed E-state index contributed by atoms with van der Waals surface area (Å²) in [6, 6.07) is 8.68. The SMILES string of the molecule is Cc1cc([N+](=O)[O-])nn1CCNC(=O)c1ccccc1I. The molecule has 1 heterocycles. The number of benzene rings is 1. The zero-order valence-corrected chi connectivity index (χ0v) is 13.4. The molecule has 0 aliphatic heterocycles. The van der Waals surface area contributed by atoms with Crippen LogP contribution in [0.4, 0.5) is 5.82 Å². The fourth-order valence-corrected chi connectivity index (χ4v) is 2.46. The lowest BCUT2D eigenvalue weighted by atomic mass is 10.2. The van der Waals surface area contributed by atoms with E-state index in [2.05, 4.69) is 33.0 Å². The molecule has 1 aromatic carbocycles. The van der Waals surface area contributed by atoms with E-state index in [9.17, 15) is 14.9 Å². The average Bonchev–Trinajstić information content (AvgIpc) is 2.81. The predicted molar refractivity (Wildman–Crippen MR) is 85.1 cm³/mol. The van der Waals surface area contributed by atoms with Gasteiger partial charge < -0.3 is 15.4 Å². The quantitative estimate of drug-likeness (QED) is 0.473. The number of nitro groups is 1. The van der Waals surface area contributed by atoms with Gasteiger partial charge in [-0.3, -0.25) is 4.79 Å². The van der Waals surface area contributed by atoms with Crippen molar-refractivity contribution in [3.63, 3.8) is 0 Å². The van der Waals surface area contributed by atoms with Gasteiger partial charge in [0.1, 0.15) is 0 Å². The van der Waals surface area contributed by atoms with Crippen LogP contribution in [0.2, 0.25) is 0 Å². The molecule has 0 radical (unpaired) electrons. The van der Waals surface area contributed by atoms with E-state index in [1.807, 2.05) is 12.1 Å². The van der Waals surface area contributed by atoms with Gasteiger partial charge in [-0.25, -0.2) is 0 Å². The van der Waals surface area contributed by atoms with Gasteiger partial charge in [0.2, 0.25) is 0 Å². The van der Waals surface area contributed by atoms with Gasteiger partial charge in [-0.2, -0.15) is 4.68 Å². The molecule has 1 amide bonds. The summed E-state index contributed by atoms with van der Waals surface area (Å²) >= 11 is 2.10. The largest absolute Gasteiger partial charge is 0.390 e. The Morgan fingerprint density at radius 1 is 1.48 bits per heavy atom. The Morgan fingerprint density at radius 2 is 2.19 bits per heavy atom. The molecule has 0 saturated carbocycles. The Hall–Kier alpha value is -1.97. The molecule has 1 N–H and O–H groups in total. The summed E-state index contributed by atoms with van der Waals surface area (Å²) in [5, 5.41) is 17.3. The lowest BCUT2D eigenvalue weighted by Crippen LogP contribution is -2.28. The van der Waals surface area contributed by atoms with Gasteiger partial charge in [-0.15, -0.1) is 0 Å². The van der Waals surface area contributed by atoms with Gasteiger partial charge in [0.05, 0.1) is 29.0 Å². The monoisotopic (exact) mass is 400 g/mol.